The third kappa shape index (κ3) is 6.18. The Kier molecular flexibility index (Phi) is 7.70. The summed E-state index contributed by atoms with van der Waals surface area (Å²) in [5, 5.41) is 5.85. The Morgan fingerprint density at radius 1 is 1.15 bits per heavy atom. The lowest BCUT2D eigenvalue weighted by Crippen LogP contribution is -2.61. The Hall–Kier alpha value is -3.23. The number of benzene rings is 1. The van der Waals surface area contributed by atoms with Crippen molar-refractivity contribution in [3.8, 4) is 5.75 Å². The van der Waals surface area contributed by atoms with E-state index in [-0.39, 0.29) is 18.4 Å². The fourth-order valence-corrected chi connectivity index (χ4v) is 4.08. The minimum atomic E-state index is -1.03. The van der Waals surface area contributed by atoms with Crippen LogP contribution < -0.4 is 15.4 Å². The molecule has 1 saturated heterocycles. The molecule has 1 atom stereocenters. The fourth-order valence-electron chi connectivity index (χ4n) is 4.08. The van der Waals surface area contributed by atoms with E-state index in [4.69, 9.17) is 9.47 Å². The van der Waals surface area contributed by atoms with Gasteiger partial charge in [0.25, 0.3) is 5.91 Å². The van der Waals surface area contributed by atoms with Crippen LogP contribution in [0.15, 0.2) is 60.8 Å². The number of hydrogen-bond acceptors (Lipinski definition) is 6. The summed E-state index contributed by atoms with van der Waals surface area (Å²) >= 11 is 0. The molecule has 1 aromatic carbocycles. The Balaban J connectivity index is 1.39. The lowest BCUT2D eigenvalue weighted by Gasteiger charge is -2.41. The molecule has 8 heteroatoms. The molecule has 1 aromatic heterocycles. The number of hydrogen-bond donors (Lipinski definition) is 2. The maximum Gasteiger partial charge on any atom is 0.254 e. The maximum atomic E-state index is 13.1. The van der Waals surface area contributed by atoms with Crippen molar-refractivity contribution in [3.05, 3.63) is 72.1 Å². The number of rotatable bonds is 4. The smallest absolute Gasteiger partial charge is 0.254 e. The lowest BCUT2D eigenvalue weighted by molar-refractivity contribution is -0.161. The zero-order valence-corrected chi connectivity index (χ0v) is 18.7. The normalized spacial score (nSPS) is 22.7. The summed E-state index contributed by atoms with van der Waals surface area (Å²) in [5.41, 5.74) is 0.872. The van der Waals surface area contributed by atoms with Gasteiger partial charge in [0.15, 0.2) is 5.60 Å². The molecule has 0 saturated carbocycles. The van der Waals surface area contributed by atoms with Crippen molar-refractivity contribution in [2.24, 2.45) is 0 Å². The Bertz CT molecular complexity index is 981. The van der Waals surface area contributed by atoms with Gasteiger partial charge in [-0.2, -0.15) is 0 Å². The van der Waals surface area contributed by atoms with Crippen LogP contribution in [-0.2, 0) is 27.3 Å². The van der Waals surface area contributed by atoms with Gasteiger partial charge in [0, 0.05) is 25.7 Å². The second kappa shape index (κ2) is 11.1. The van der Waals surface area contributed by atoms with Crippen LogP contribution in [0.4, 0.5) is 0 Å². The third-order valence-electron chi connectivity index (χ3n) is 5.81. The zero-order chi connectivity index (χ0) is 22.9. The predicted octanol–water partition coefficient (Wildman–Crippen LogP) is 1.47. The van der Waals surface area contributed by atoms with Crippen LogP contribution in [0.2, 0.25) is 0 Å². The molecule has 1 unspecified atom stereocenters. The molecule has 0 radical (unpaired) electrons. The number of para-hydroxylation sites is 1. The Morgan fingerprint density at radius 2 is 2.03 bits per heavy atom. The van der Waals surface area contributed by atoms with E-state index in [9.17, 15) is 9.59 Å². The van der Waals surface area contributed by atoms with Crippen LogP contribution in [0.1, 0.15) is 17.7 Å². The second-order valence-electron chi connectivity index (χ2n) is 8.24. The number of aromatic nitrogens is 1. The van der Waals surface area contributed by atoms with Gasteiger partial charge in [-0.3, -0.25) is 19.5 Å². The fraction of sp³-hybridized carbons (Fsp3) is 0.400. The molecule has 2 N–H and O–H groups in total. The maximum absolute atomic E-state index is 13.1. The monoisotopic (exact) mass is 450 g/mol. The van der Waals surface area contributed by atoms with Crippen molar-refractivity contribution < 1.29 is 19.1 Å². The van der Waals surface area contributed by atoms with E-state index in [1.807, 2.05) is 59.5 Å². The summed E-state index contributed by atoms with van der Waals surface area (Å²) in [6.45, 7) is 2.65. The summed E-state index contributed by atoms with van der Waals surface area (Å²) < 4.78 is 11.9. The lowest BCUT2D eigenvalue weighted by atomic mass is 9.94. The molecule has 2 aromatic rings. The van der Waals surface area contributed by atoms with E-state index in [2.05, 4.69) is 15.6 Å². The van der Waals surface area contributed by atoms with E-state index in [0.29, 0.717) is 52.2 Å². The number of amides is 2. The number of morpholine rings is 1. The van der Waals surface area contributed by atoms with Crippen molar-refractivity contribution in [3.63, 3.8) is 0 Å². The molecule has 8 nitrogen and oxygen atoms in total. The largest absolute Gasteiger partial charge is 0.491 e. The molecule has 3 heterocycles. The van der Waals surface area contributed by atoms with Crippen LogP contribution >= 0.6 is 0 Å². The van der Waals surface area contributed by atoms with Crippen LogP contribution in [-0.4, -0.2) is 66.7 Å². The van der Waals surface area contributed by atoms with E-state index in [1.165, 1.54) is 0 Å². The standard InChI is InChI=1S/C25H30N4O4/c30-23(28-17-21-9-4-6-12-26-21)18-29-14-16-33-25(19-29)11-5-3-8-20-7-1-2-10-22(20)32-15-13-27-24(25)31/h1-7,9-10,12H,8,11,13-19H2,(H,27,31)(H,28,30)/b5-3+. The van der Waals surface area contributed by atoms with Crippen molar-refractivity contribution in [2.45, 2.75) is 25.0 Å². The molecule has 0 bridgehead atoms. The molecule has 2 aliphatic heterocycles. The number of carbonyl (C=O) groups excluding carboxylic acids is 2. The van der Waals surface area contributed by atoms with Gasteiger partial charge in [0.1, 0.15) is 12.4 Å². The molecular weight excluding hydrogens is 420 g/mol. The molecule has 4 rings (SSSR count). The van der Waals surface area contributed by atoms with Gasteiger partial charge < -0.3 is 20.1 Å². The van der Waals surface area contributed by atoms with Gasteiger partial charge in [-0.1, -0.05) is 36.4 Å². The van der Waals surface area contributed by atoms with Gasteiger partial charge in [-0.25, -0.2) is 0 Å². The average Bonchev–Trinajstić information content (AvgIpc) is 2.84. The minimum absolute atomic E-state index is 0.105. The molecule has 1 fully saturated rings. The highest BCUT2D eigenvalue weighted by Crippen LogP contribution is 2.25. The highest BCUT2D eigenvalue weighted by molar-refractivity contribution is 5.86. The number of nitrogens with one attached hydrogen (secondary N) is 2. The molecule has 0 aliphatic carbocycles. The highest BCUT2D eigenvalue weighted by atomic mass is 16.5. The molecule has 1 spiro atoms. The topological polar surface area (TPSA) is 92.8 Å². The first-order chi connectivity index (χ1) is 16.1. The van der Waals surface area contributed by atoms with E-state index in [1.54, 1.807) is 6.20 Å². The number of fused-ring (bicyclic) bond motifs is 1. The van der Waals surface area contributed by atoms with Crippen LogP contribution in [0.5, 0.6) is 5.75 Å². The SMILES string of the molecule is O=C(CN1CCOC2(C/C=C/Cc3ccccc3OCCNC2=O)C1)NCc1ccccn1. The van der Waals surface area contributed by atoms with E-state index in [0.717, 1.165) is 17.0 Å². The van der Waals surface area contributed by atoms with Crippen LogP contribution in [0, 0.1) is 0 Å². The second-order valence-corrected chi connectivity index (χ2v) is 8.24. The molecular formula is C25H30N4O4. The first-order valence-corrected chi connectivity index (χ1v) is 11.3. The van der Waals surface area contributed by atoms with Gasteiger partial charge >= 0.3 is 0 Å². The zero-order valence-electron chi connectivity index (χ0n) is 18.7. The van der Waals surface area contributed by atoms with Crippen LogP contribution in [0.25, 0.3) is 0 Å². The Morgan fingerprint density at radius 3 is 2.91 bits per heavy atom. The number of pyridine rings is 1. The first-order valence-electron chi connectivity index (χ1n) is 11.3. The molecule has 2 amide bonds. The van der Waals surface area contributed by atoms with Gasteiger partial charge in [0.2, 0.25) is 5.91 Å². The first kappa shape index (κ1) is 22.9. The average molecular weight is 451 g/mol. The number of carbonyl (C=O) groups is 2. The van der Waals surface area contributed by atoms with Crippen molar-refractivity contribution in [2.75, 3.05) is 39.4 Å². The highest BCUT2D eigenvalue weighted by Gasteiger charge is 2.43. The number of ether oxygens (including phenoxy) is 2. The van der Waals surface area contributed by atoms with Crippen LogP contribution in [0.3, 0.4) is 0 Å². The van der Waals surface area contributed by atoms with Crippen molar-refractivity contribution in [1.29, 1.82) is 0 Å². The summed E-state index contributed by atoms with van der Waals surface area (Å²) in [5.74, 6) is 0.554. The van der Waals surface area contributed by atoms with Crippen molar-refractivity contribution in [1.82, 2.24) is 20.5 Å². The summed E-state index contributed by atoms with van der Waals surface area (Å²) in [4.78, 5) is 31.8. The molecule has 2 aliphatic rings. The van der Waals surface area contributed by atoms with Crippen molar-refractivity contribution >= 4 is 11.8 Å². The van der Waals surface area contributed by atoms with Gasteiger partial charge in [-0.05, 0) is 30.2 Å². The molecule has 174 valence electrons. The van der Waals surface area contributed by atoms with E-state index >= 15 is 0 Å². The third-order valence-corrected chi connectivity index (χ3v) is 5.81. The summed E-state index contributed by atoms with van der Waals surface area (Å²) in [7, 11) is 0. The molecule has 33 heavy (non-hydrogen) atoms. The van der Waals surface area contributed by atoms with Gasteiger partial charge in [-0.15, -0.1) is 0 Å². The quantitative estimate of drug-likeness (QED) is 0.686. The minimum Gasteiger partial charge on any atom is -0.491 e. The summed E-state index contributed by atoms with van der Waals surface area (Å²) in [6.07, 6.45) is 6.89. The van der Waals surface area contributed by atoms with E-state index < -0.39 is 5.60 Å². The van der Waals surface area contributed by atoms with Gasteiger partial charge in [0.05, 0.1) is 31.9 Å². The Labute approximate surface area is 194 Å². The number of nitrogens with zero attached hydrogens (tertiary/aromatic N) is 2. The predicted molar refractivity (Wildman–Crippen MR) is 124 cm³/mol. The number of allylic oxidation sites excluding steroid dienone is 1. The summed E-state index contributed by atoms with van der Waals surface area (Å²) in [6, 6.07) is 13.5.